The first-order valence-electron chi connectivity index (χ1n) is 8.86. The Labute approximate surface area is 173 Å². The predicted octanol–water partition coefficient (Wildman–Crippen LogP) is 4.85. The molecule has 6 heteroatoms. The number of halogens is 1. The molecule has 2 aromatic heterocycles. The van der Waals surface area contributed by atoms with E-state index < -0.39 is 0 Å². The molecule has 0 amide bonds. The fraction of sp³-hybridized carbons (Fsp3) is 0.238. The first-order valence-corrected chi connectivity index (χ1v) is 10.1. The maximum absolute atomic E-state index is 5.56. The fourth-order valence-electron chi connectivity index (χ4n) is 3.95. The van der Waals surface area contributed by atoms with E-state index in [2.05, 4.69) is 79.9 Å². The van der Waals surface area contributed by atoms with Crippen LogP contribution in [0.1, 0.15) is 34.7 Å². The Bertz CT molecular complexity index is 999. The van der Waals surface area contributed by atoms with E-state index in [-0.39, 0.29) is 12.1 Å². The molecule has 1 N–H and O–H groups in total. The van der Waals surface area contributed by atoms with E-state index >= 15 is 0 Å². The summed E-state index contributed by atoms with van der Waals surface area (Å²) in [6, 6.07) is 16.8. The second kappa shape index (κ2) is 7.09. The molecule has 1 aliphatic heterocycles. The van der Waals surface area contributed by atoms with Crippen molar-refractivity contribution in [1.29, 1.82) is 0 Å². The van der Waals surface area contributed by atoms with Gasteiger partial charge in [-0.2, -0.15) is 0 Å². The molecule has 0 bridgehead atoms. The average molecular weight is 441 g/mol. The molecule has 1 fully saturated rings. The number of likely N-dealkylation sites (N-methyl/N-ethyl adjacent to an activating group) is 1. The molecule has 1 aliphatic rings. The molecule has 4 nitrogen and oxygen atoms in total. The van der Waals surface area contributed by atoms with Crippen LogP contribution in [0, 0.1) is 13.8 Å². The second-order valence-electron chi connectivity index (χ2n) is 6.88. The average Bonchev–Trinajstić information content (AvgIpc) is 3.11. The van der Waals surface area contributed by atoms with Gasteiger partial charge >= 0.3 is 0 Å². The van der Waals surface area contributed by atoms with Crippen molar-refractivity contribution in [2.75, 3.05) is 7.05 Å². The van der Waals surface area contributed by atoms with Crippen LogP contribution in [0.5, 0.6) is 0 Å². The monoisotopic (exact) mass is 440 g/mol. The minimum atomic E-state index is 0.0279. The van der Waals surface area contributed by atoms with E-state index in [0.717, 1.165) is 21.0 Å². The van der Waals surface area contributed by atoms with Crippen molar-refractivity contribution in [2.24, 2.45) is 0 Å². The van der Waals surface area contributed by atoms with Crippen LogP contribution in [0.3, 0.4) is 0 Å². The molecule has 3 aromatic rings. The van der Waals surface area contributed by atoms with Gasteiger partial charge in [-0.15, -0.1) is 0 Å². The third-order valence-corrected chi connectivity index (χ3v) is 6.09. The lowest BCUT2D eigenvalue weighted by Gasteiger charge is -2.24. The lowest BCUT2D eigenvalue weighted by Crippen LogP contribution is -2.25. The number of thiocarbonyl (C=S) groups is 1. The van der Waals surface area contributed by atoms with Crippen molar-refractivity contribution in [3.63, 3.8) is 0 Å². The van der Waals surface area contributed by atoms with Gasteiger partial charge in [-0.1, -0.05) is 28.1 Å². The van der Waals surface area contributed by atoms with Gasteiger partial charge in [-0.25, -0.2) is 0 Å². The molecular formula is C21H21BrN4S. The van der Waals surface area contributed by atoms with Crippen LogP contribution in [0.2, 0.25) is 0 Å². The zero-order valence-corrected chi connectivity index (χ0v) is 17.9. The second-order valence-corrected chi connectivity index (χ2v) is 8.18. The van der Waals surface area contributed by atoms with Crippen molar-refractivity contribution < 1.29 is 0 Å². The van der Waals surface area contributed by atoms with Crippen LogP contribution in [0.15, 0.2) is 59.2 Å². The van der Waals surface area contributed by atoms with Crippen LogP contribution >= 0.6 is 28.1 Å². The summed E-state index contributed by atoms with van der Waals surface area (Å²) >= 11 is 9.15. The lowest BCUT2D eigenvalue weighted by atomic mass is 9.97. The Hall–Kier alpha value is -2.18. The molecule has 3 heterocycles. The van der Waals surface area contributed by atoms with Gasteiger partial charge in [-0.05, 0) is 68.0 Å². The van der Waals surface area contributed by atoms with Crippen LogP contribution in [-0.4, -0.2) is 26.6 Å². The summed E-state index contributed by atoms with van der Waals surface area (Å²) in [5.41, 5.74) is 5.83. The van der Waals surface area contributed by atoms with Crippen molar-refractivity contribution in [3.05, 3.63) is 81.8 Å². The number of rotatable bonds is 3. The number of aromatic nitrogens is 2. The van der Waals surface area contributed by atoms with Gasteiger partial charge in [0, 0.05) is 34.8 Å². The van der Waals surface area contributed by atoms with Gasteiger partial charge in [0.15, 0.2) is 5.11 Å². The highest BCUT2D eigenvalue weighted by atomic mass is 79.9. The molecule has 138 valence electrons. The zero-order chi connectivity index (χ0) is 19.1. The number of nitrogens with zero attached hydrogens (tertiary/aromatic N) is 3. The highest BCUT2D eigenvalue weighted by molar-refractivity contribution is 9.10. The van der Waals surface area contributed by atoms with Gasteiger partial charge in [-0.3, -0.25) is 4.98 Å². The summed E-state index contributed by atoms with van der Waals surface area (Å²) in [5.74, 6) is 0. The first-order chi connectivity index (χ1) is 13.0. The molecule has 0 saturated carbocycles. The minimum Gasteiger partial charge on any atom is -0.352 e. The van der Waals surface area contributed by atoms with Gasteiger partial charge in [0.05, 0.1) is 17.8 Å². The molecule has 2 atom stereocenters. The van der Waals surface area contributed by atoms with Crippen LogP contribution in [0.4, 0.5) is 0 Å². The first kappa shape index (κ1) is 18.2. The predicted molar refractivity (Wildman–Crippen MR) is 116 cm³/mol. The Kier molecular flexibility index (Phi) is 4.78. The molecule has 27 heavy (non-hydrogen) atoms. The Morgan fingerprint density at radius 3 is 2.63 bits per heavy atom. The Balaban J connectivity index is 1.82. The largest absolute Gasteiger partial charge is 0.352 e. The molecule has 1 saturated heterocycles. The summed E-state index contributed by atoms with van der Waals surface area (Å²) in [6.07, 6.45) is 1.83. The number of hydrogen-bond donors (Lipinski definition) is 1. The maximum Gasteiger partial charge on any atom is 0.169 e. The van der Waals surface area contributed by atoms with E-state index in [1.165, 1.54) is 17.0 Å². The minimum absolute atomic E-state index is 0.0279. The SMILES string of the molecule is Cc1cc([C@@H]2[C@@H](c3ccccn3)NC(=S)N2C)c(C)n1-c1cccc(Br)c1. The molecule has 0 spiro atoms. The third-order valence-electron chi connectivity index (χ3n) is 5.19. The Morgan fingerprint density at radius 1 is 1.11 bits per heavy atom. The smallest absolute Gasteiger partial charge is 0.169 e. The maximum atomic E-state index is 5.56. The van der Waals surface area contributed by atoms with Crippen LogP contribution in [0.25, 0.3) is 5.69 Å². The number of hydrogen-bond acceptors (Lipinski definition) is 2. The van der Waals surface area contributed by atoms with E-state index in [1.54, 1.807) is 0 Å². The molecule has 4 rings (SSSR count). The summed E-state index contributed by atoms with van der Waals surface area (Å²) in [6.45, 7) is 4.32. The van der Waals surface area contributed by atoms with E-state index in [9.17, 15) is 0 Å². The van der Waals surface area contributed by atoms with E-state index in [0.29, 0.717) is 0 Å². The fourth-order valence-corrected chi connectivity index (χ4v) is 4.57. The highest BCUT2D eigenvalue weighted by Gasteiger charge is 2.39. The number of nitrogens with one attached hydrogen (secondary N) is 1. The normalized spacial score (nSPS) is 19.4. The number of aryl methyl sites for hydroxylation is 1. The van der Waals surface area contributed by atoms with E-state index in [1.807, 2.05) is 31.4 Å². The van der Waals surface area contributed by atoms with Gasteiger partial charge in [0.2, 0.25) is 0 Å². The summed E-state index contributed by atoms with van der Waals surface area (Å²) < 4.78 is 3.37. The van der Waals surface area contributed by atoms with Crippen molar-refractivity contribution in [3.8, 4) is 5.69 Å². The van der Waals surface area contributed by atoms with Crippen LogP contribution in [-0.2, 0) is 0 Å². The quantitative estimate of drug-likeness (QED) is 0.589. The summed E-state index contributed by atoms with van der Waals surface area (Å²) in [5, 5.41) is 4.20. The lowest BCUT2D eigenvalue weighted by molar-refractivity contribution is 0.367. The Morgan fingerprint density at radius 2 is 1.93 bits per heavy atom. The van der Waals surface area contributed by atoms with E-state index in [4.69, 9.17) is 12.2 Å². The third kappa shape index (κ3) is 3.17. The van der Waals surface area contributed by atoms with Gasteiger partial charge in [0.25, 0.3) is 0 Å². The molecule has 0 unspecified atom stereocenters. The van der Waals surface area contributed by atoms with Gasteiger partial charge < -0.3 is 14.8 Å². The van der Waals surface area contributed by atoms with Crippen molar-refractivity contribution in [1.82, 2.24) is 19.8 Å². The van der Waals surface area contributed by atoms with Gasteiger partial charge in [0.1, 0.15) is 0 Å². The molecule has 1 aromatic carbocycles. The molecule has 0 radical (unpaired) electrons. The number of pyridine rings is 1. The summed E-state index contributed by atoms with van der Waals surface area (Å²) in [4.78, 5) is 6.71. The molecular weight excluding hydrogens is 420 g/mol. The standard InChI is InChI=1S/C21H21BrN4S/c1-13-11-17(14(2)26(13)16-8-6-7-15(22)12-16)20-19(24-21(27)25(20)3)18-9-4-5-10-23-18/h4-12,19-20H,1-3H3,(H,24,27)/t19-,20-/m1/s1. The number of benzene rings is 1. The molecule has 0 aliphatic carbocycles. The van der Waals surface area contributed by atoms with Crippen molar-refractivity contribution in [2.45, 2.75) is 25.9 Å². The zero-order valence-electron chi connectivity index (χ0n) is 15.5. The topological polar surface area (TPSA) is 33.1 Å². The summed E-state index contributed by atoms with van der Waals surface area (Å²) in [7, 11) is 2.05. The highest BCUT2D eigenvalue weighted by Crippen LogP contribution is 2.40. The van der Waals surface area contributed by atoms with Crippen molar-refractivity contribution >= 4 is 33.3 Å². The van der Waals surface area contributed by atoms with Crippen LogP contribution < -0.4 is 5.32 Å².